The lowest BCUT2D eigenvalue weighted by Crippen LogP contribution is -2.22. The number of hydrazone groups is 1. The van der Waals surface area contributed by atoms with Crippen molar-refractivity contribution >= 4 is 22.8 Å². The molecule has 0 spiro atoms. The van der Waals surface area contributed by atoms with Crippen LogP contribution < -0.4 is 5.43 Å². The Morgan fingerprint density at radius 1 is 1.13 bits per heavy atom. The smallest absolute Gasteiger partial charge is 0.271 e. The Kier molecular flexibility index (Phi) is 3.49. The van der Waals surface area contributed by atoms with Gasteiger partial charge in [0.15, 0.2) is 0 Å². The number of fused-ring (bicyclic) bond motifs is 1. The molecule has 1 N–H and O–H groups in total. The first kappa shape index (κ1) is 14.6. The summed E-state index contributed by atoms with van der Waals surface area (Å²) in [6.07, 6.45) is 0.690. The van der Waals surface area contributed by atoms with Crippen LogP contribution in [-0.2, 0) is 6.42 Å². The van der Waals surface area contributed by atoms with Gasteiger partial charge in [0, 0.05) is 18.1 Å². The lowest BCUT2D eigenvalue weighted by atomic mass is 9.83. The number of rotatable bonds is 4. The standard InChI is InChI=1S/C15H12N4O4/c1-9-3-2-4-11-12(9)8-14(11)17-16-13-6-5-10(18(20)21)7-15(13)19(22)23/h2-7,16H,8H2,1H3/b17-14+. The number of hydrogen-bond donors (Lipinski definition) is 1. The molecule has 8 heteroatoms. The highest BCUT2D eigenvalue weighted by atomic mass is 16.6. The molecule has 23 heavy (non-hydrogen) atoms. The monoisotopic (exact) mass is 312 g/mol. The molecular formula is C15H12N4O4. The van der Waals surface area contributed by atoms with E-state index < -0.39 is 9.85 Å². The number of aryl methyl sites for hydroxylation is 1. The number of nitro groups is 2. The Labute approximate surface area is 130 Å². The molecule has 0 atom stereocenters. The first-order chi connectivity index (χ1) is 11.0. The maximum atomic E-state index is 11.1. The van der Waals surface area contributed by atoms with E-state index in [9.17, 15) is 20.2 Å². The van der Waals surface area contributed by atoms with Gasteiger partial charge < -0.3 is 0 Å². The third-order valence-electron chi connectivity index (χ3n) is 3.77. The quantitative estimate of drug-likeness (QED) is 0.688. The van der Waals surface area contributed by atoms with Gasteiger partial charge in [-0.05, 0) is 24.1 Å². The molecule has 0 amide bonds. The second-order valence-corrected chi connectivity index (χ2v) is 5.16. The summed E-state index contributed by atoms with van der Waals surface area (Å²) in [6, 6.07) is 9.30. The average Bonchev–Trinajstić information content (AvgIpc) is 2.49. The molecule has 0 heterocycles. The topological polar surface area (TPSA) is 111 Å². The van der Waals surface area contributed by atoms with E-state index in [1.54, 1.807) is 0 Å². The summed E-state index contributed by atoms with van der Waals surface area (Å²) in [7, 11) is 0. The molecule has 0 fully saturated rings. The third-order valence-corrected chi connectivity index (χ3v) is 3.77. The first-order valence-corrected chi connectivity index (χ1v) is 6.81. The van der Waals surface area contributed by atoms with Crippen molar-refractivity contribution < 1.29 is 9.85 Å². The molecule has 0 saturated heterocycles. The van der Waals surface area contributed by atoms with E-state index in [2.05, 4.69) is 10.5 Å². The highest BCUT2D eigenvalue weighted by Gasteiger charge is 2.24. The molecule has 0 saturated carbocycles. The zero-order valence-electron chi connectivity index (χ0n) is 12.1. The largest absolute Gasteiger partial charge is 0.301 e. The lowest BCUT2D eigenvalue weighted by Gasteiger charge is -2.23. The van der Waals surface area contributed by atoms with Crippen LogP contribution in [0.4, 0.5) is 17.1 Å². The van der Waals surface area contributed by atoms with E-state index in [1.165, 1.54) is 23.3 Å². The van der Waals surface area contributed by atoms with Crippen LogP contribution in [0.2, 0.25) is 0 Å². The fraction of sp³-hybridized carbons (Fsp3) is 0.133. The van der Waals surface area contributed by atoms with E-state index >= 15 is 0 Å². The molecular weight excluding hydrogens is 300 g/mol. The number of non-ortho nitro benzene ring substituents is 1. The Balaban J connectivity index is 1.88. The summed E-state index contributed by atoms with van der Waals surface area (Å²) >= 11 is 0. The molecule has 1 aliphatic rings. The molecule has 0 unspecified atom stereocenters. The van der Waals surface area contributed by atoms with Crippen molar-refractivity contribution in [2.45, 2.75) is 13.3 Å². The van der Waals surface area contributed by atoms with Crippen molar-refractivity contribution in [3.05, 3.63) is 73.3 Å². The van der Waals surface area contributed by atoms with Crippen LogP contribution in [0.5, 0.6) is 0 Å². The summed E-state index contributed by atoms with van der Waals surface area (Å²) in [5.74, 6) is 0. The van der Waals surface area contributed by atoms with Gasteiger partial charge in [-0.25, -0.2) is 0 Å². The Morgan fingerprint density at radius 3 is 2.61 bits per heavy atom. The zero-order chi connectivity index (χ0) is 16.6. The van der Waals surface area contributed by atoms with E-state index in [4.69, 9.17) is 0 Å². The van der Waals surface area contributed by atoms with Gasteiger partial charge in [0.1, 0.15) is 5.69 Å². The van der Waals surface area contributed by atoms with Crippen molar-refractivity contribution in [1.82, 2.24) is 0 Å². The molecule has 0 radical (unpaired) electrons. The minimum absolute atomic E-state index is 0.120. The Hall–Kier alpha value is -3.29. The van der Waals surface area contributed by atoms with Gasteiger partial charge in [-0.2, -0.15) is 5.10 Å². The second kappa shape index (κ2) is 5.48. The SMILES string of the molecule is Cc1cccc2c1C/C2=N\Nc1ccc([N+](=O)[O-])cc1[N+](=O)[O-]. The van der Waals surface area contributed by atoms with Crippen LogP contribution in [0.1, 0.15) is 16.7 Å². The van der Waals surface area contributed by atoms with E-state index in [0.717, 1.165) is 17.3 Å². The molecule has 0 bridgehead atoms. The predicted molar refractivity (Wildman–Crippen MR) is 84.8 cm³/mol. The van der Waals surface area contributed by atoms with Gasteiger partial charge in [0.05, 0.1) is 21.6 Å². The number of benzene rings is 2. The molecule has 2 aromatic rings. The van der Waals surface area contributed by atoms with Gasteiger partial charge >= 0.3 is 5.69 Å². The molecule has 3 rings (SSSR count). The fourth-order valence-corrected chi connectivity index (χ4v) is 2.47. The Morgan fingerprint density at radius 2 is 1.91 bits per heavy atom. The van der Waals surface area contributed by atoms with Crippen LogP contribution in [0.25, 0.3) is 0 Å². The van der Waals surface area contributed by atoms with Crippen molar-refractivity contribution in [3.8, 4) is 0 Å². The van der Waals surface area contributed by atoms with Gasteiger partial charge in [-0.15, -0.1) is 0 Å². The molecule has 116 valence electrons. The third kappa shape index (κ3) is 2.61. The molecule has 2 aromatic carbocycles. The Bertz CT molecular complexity index is 861. The van der Waals surface area contributed by atoms with E-state index in [1.807, 2.05) is 25.1 Å². The number of nitro benzene ring substituents is 2. The van der Waals surface area contributed by atoms with Gasteiger partial charge in [-0.3, -0.25) is 25.7 Å². The minimum atomic E-state index is -0.673. The summed E-state index contributed by atoms with van der Waals surface area (Å²) in [5, 5.41) is 26.0. The van der Waals surface area contributed by atoms with Crippen LogP contribution in [0.15, 0.2) is 41.5 Å². The van der Waals surface area contributed by atoms with Crippen molar-refractivity contribution in [3.63, 3.8) is 0 Å². The van der Waals surface area contributed by atoms with Crippen molar-refractivity contribution in [1.29, 1.82) is 0 Å². The van der Waals surface area contributed by atoms with Gasteiger partial charge in [0.2, 0.25) is 0 Å². The normalized spacial score (nSPS) is 14.0. The van der Waals surface area contributed by atoms with Crippen molar-refractivity contribution in [2.24, 2.45) is 5.10 Å². The molecule has 0 aliphatic heterocycles. The van der Waals surface area contributed by atoms with Gasteiger partial charge in [0.25, 0.3) is 5.69 Å². The van der Waals surface area contributed by atoms with Gasteiger partial charge in [-0.1, -0.05) is 18.2 Å². The fourth-order valence-electron chi connectivity index (χ4n) is 2.47. The highest BCUT2D eigenvalue weighted by molar-refractivity contribution is 6.11. The van der Waals surface area contributed by atoms with E-state index in [-0.39, 0.29) is 17.1 Å². The summed E-state index contributed by atoms with van der Waals surface area (Å²) in [6.45, 7) is 2.02. The van der Waals surface area contributed by atoms with Crippen molar-refractivity contribution in [2.75, 3.05) is 5.43 Å². The minimum Gasteiger partial charge on any atom is -0.271 e. The van der Waals surface area contributed by atoms with Crippen LogP contribution in [0.3, 0.4) is 0 Å². The van der Waals surface area contributed by atoms with Crippen LogP contribution >= 0.6 is 0 Å². The lowest BCUT2D eigenvalue weighted by molar-refractivity contribution is -0.393. The summed E-state index contributed by atoms with van der Waals surface area (Å²) in [5.41, 5.74) is 6.27. The molecule has 8 nitrogen and oxygen atoms in total. The van der Waals surface area contributed by atoms with Crippen LogP contribution in [0, 0.1) is 27.2 Å². The number of nitrogens with one attached hydrogen (secondary N) is 1. The number of nitrogens with zero attached hydrogens (tertiary/aromatic N) is 3. The highest BCUT2D eigenvalue weighted by Crippen LogP contribution is 2.30. The summed E-state index contributed by atoms with van der Waals surface area (Å²) < 4.78 is 0. The zero-order valence-corrected chi connectivity index (χ0v) is 12.1. The maximum Gasteiger partial charge on any atom is 0.301 e. The first-order valence-electron chi connectivity index (χ1n) is 6.81. The predicted octanol–water partition coefficient (Wildman–Crippen LogP) is 3.18. The molecule has 0 aromatic heterocycles. The van der Waals surface area contributed by atoms with Crippen LogP contribution in [-0.4, -0.2) is 15.6 Å². The average molecular weight is 312 g/mol. The summed E-state index contributed by atoms with van der Waals surface area (Å²) in [4.78, 5) is 20.4. The van der Waals surface area contributed by atoms with E-state index in [0.29, 0.717) is 6.42 Å². The number of anilines is 1. The number of hydrogen-bond acceptors (Lipinski definition) is 6. The second-order valence-electron chi connectivity index (χ2n) is 5.16. The molecule has 1 aliphatic carbocycles. The maximum absolute atomic E-state index is 11.1.